The van der Waals surface area contributed by atoms with E-state index in [0.717, 1.165) is 0 Å². The van der Waals surface area contributed by atoms with E-state index in [-0.39, 0.29) is 17.0 Å². The van der Waals surface area contributed by atoms with Gasteiger partial charge in [-0.1, -0.05) is 15.9 Å². The molecule has 14 heavy (non-hydrogen) atoms. The molecule has 0 aliphatic heterocycles. The fraction of sp³-hybridized carbons (Fsp3) is 0.333. The Labute approximate surface area is 93.2 Å². The van der Waals surface area contributed by atoms with Crippen molar-refractivity contribution in [1.82, 2.24) is 0 Å². The third-order valence-corrected chi connectivity index (χ3v) is 2.56. The number of hydrogen-bond donors (Lipinski definition) is 0. The molecule has 0 heterocycles. The molecule has 1 rings (SSSR count). The van der Waals surface area contributed by atoms with E-state index >= 15 is 0 Å². The van der Waals surface area contributed by atoms with Crippen molar-refractivity contribution in [3.8, 4) is 0 Å². The largest absolute Gasteiger partial charge is 0.416 e. The van der Waals surface area contributed by atoms with Gasteiger partial charge in [0.1, 0.15) is 0 Å². The molecule has 0 unspecified atom stereocenters. The average molecular weight is 288 g/mol. The summed E-state index contributed by atoms with van der Waals surface area (Å²) in [6.07, 6.45) is -4.34. The lowest BCUT2D eigenvalue weighted by atomic mass is 10.0. The maximum absolute atomic E-state index is 12.6. The second-order valence-corrected chi connectivity index (χ2v) is 4.07. The zero-order chi connectivity index (χ0) is 10.9. The highest BCUT2D eigenvalue weighted by molar-refractivity contribution is 9.10. The first-order valence-electron chi connectivity index (χ1n) is 3.78. The van der Waals surface area contributed by atoms with Crippen LogP contribution in [0, 0.1) is 6.92 Å². The SMILES string of the molecule is Cc1cc(Br)cc(CCl)c1C(F)(F)F. The maximum atomic E-state index is 12.6. The predicted molar refractivity (Wildman–Crippen MR) is 53.4 cm³/mol. The highest BCUT2D eigenvalue weighted by Crippen LogP contribution is 2.36. The Bertz CT molecular complexity index is 347. The van der Waals surface area contributed by atoms with Gasteiger partial charge >= 0.3 is 6.18 Å². The van der Waals surface area contributed by atoms with E-state index < -0.39 is 11.7 Å². The Kier molecular flexibility index (Phi) is 3.48. The lowest BCUT2D eigenvalue weighted by Gasteiger charge is -2.14. The van der Waals surface area contributed by atoms with Crippen LogP contribution in [0.1, 0.15) is 16.7 Å². The molecule has 0 saturated carbocycles. The summed E-state index contributed by atoms with van der Waals surface area (Å²) in [5.41, 5.74) is -0.343. The second kappa shape index (κ2) is 4.11. The van der Waals surface area contributed by atoms with E-state index in [9.17, 15) is 13.2 Å². The first-order valence-corrected chi connectivity index (χ1v) is 5.11. The van der Waals surface area contributed by atoms with Gasteiger partial charge in [-0.2, -0.15) is 13.2 Å². The van der Waals surface area contributed by atoms with Crippen LogP contribution < -0.4 is 0 Å². The van der Waals surface area contributed by atoms with E-state index in [1.54, 1.807) is 0 Å². The van der Waals surface area contributed by atoms with Gasteiger partial charge in [-0.3, -0.25) is 0 Å². The van der Waals surface area contributed by atoms with Gasteiger partial charge in [-0.15, -0.1) is 11.6 Å². The quantitative estimate of drug-likeness (QED) is 0.666. The van der Waals surface area contributed by atoms with Crippen LogP contribution in [-0.2, 0) is 12.1 Å². The van der Waals surface area contributed by atoms with Gasteiger partial charge in [0.15, 0.2) is 0 Å². The molecule has 0 radical (unpaired) electrons. The fourth-order valence-electron chi connectivity index (χ4n) is 1.32. The molecule has 0 bridgehead atoms. The Hall–Kier alpha value is -0.220. The van der Waals surface area contributed by atoms with E-state index in [2.05, 4.69) is 15.9 Å². The van der Waals surface area contributed by atoms with Gasteiger partial charge in [0.25, 0.3) is 0 Å². The molecular weight excluding hydrogens is 280 g/mol. The molecule has 0 spiro atoms. The van der Waals surface area contributed by atoms with E-state index in [0.29, 0.717) is 4.47 Å². The van der Waals surface area contributed by atoms with Gasteiger partial charge in [0.05, 0.1) is 5.56 Å². The monoisotopic (exact) mass is 286 g/mol. The molecule has 0 aliphatic carbocycles. The summed E-state index contributed by atoms with van der Waals surface area (Å²) < 4.78 is 38.3. The molecule has 0 saturated heterocycles. The Morgan fingerprint density at radius 1 is 1.36 bits per heavy atom. The van der Waals surface area contributed by atoms with Crippen LogP contribution in [-0.4, -0.2) is 0 Å². The summed E-state index contributed by atoms with van der Waals surface area (Å²) in [7, 11) is 0. The van der Waals surface area contributed by atoms with Crippen LogP contribution in [0.2, 0.25) is 0 Å². The first kappa shape index (κ1) is 11.9. The molecule has 1 aromatic rings. The van der Waals surface area contributed by atoms with Crippen molar-refractivity contribution < 1.29 is 13.2 Å². The van der Waals surface area contributed by atoms with Crippen molar-refractivity contribution in [2.75, 3.05) is 0 Å². The van der Waals surface area contributed by atoms with Crippen molar-refractivity contribution in [1.29, 1.82) is 0 Å². The maximum Gasteiger partial charge on any atom is 0.416 e. The highest BCUT2D eigenvalue weighted by Gasteiger charge is 2.34. The number of alkyl halides is 4. The smallest absolute Gasteiger partial charge is 0.166 e. The molecule has 5 heteroatoms. The number of aryl methyl sites for hydroxylation is 1. The molecular formula is C9H7BrClF3. The number of benzene rings is 1. The summed E-state index contributed by atoms with van der Waals surface area (Å²) in [5.74, 6) is -0.144. The molecule has 0 fully saturated rings. The Morgan fingerprint density at radius 3 is 2.36 bits per heavy atom. The van der Waals surface area contributed by atoms with Crippen molar-refractivity contribution in [3.63, 3.8) is 0 Å². The molecule has 0 N–H and O–H groups in total. The van der Waals surface area contributed by atoms with Crippen molar-refractivity contribution >= 4 is 27.5 Å². The van der Waals surface area contributed by atoms with Crippen LogP contribution in [0.15, 0.2) is 16.6 Å². The van der Waals surface area contributed by atoms with E-state index in [4.69, 9.17) is 11.6 Å². The highest BCUT2D eigenvalue weighted by atomic mass is 79.9. The van der Waals surface area contributed by atoms with Crippen LogP contribution >= 0.6 is 27.5 Å². The van der Waals surface area contributed by atoms with Gasteiger partial charge in [-0.05, 0) is 30.2 Å². The summed E-state index contributed by atoms with van der Waals surface area (Å²) in [4.78, 5) is 0. The first-order chi connectivity index (χ1) is 6.36. The summed E-state index contributed by atoms with van der Waals surface area (Å²) >= 11 is 8.59. The number of hydrogen-bond acceptors (Lipinski definition) is 0. The Morgan fingerprint density at radius 2 is 1.93 bits per heavy atom. The normalized spacial score (nSPS) is 11.9. The van der Waals surface area contributed by atoms with Crippen molar-refractivity contribution in [2.24, 2.45) is 0 Å². The molecule has 1 aromatic carbocycles. The molecule has 0 nitrogen and oxygen atoms in total. The molecule has 0 atom stereocenters. The topological polar surface area (TPSA) is 0 Å². The zero-order valence-corrected chi connectivity index (χ0v) is 9.59. The number of rotatable bonds is 1. The number of halogens is 5. The molecule has 78 valence electrons. The van der Waals surface area contributed by atoms with Crippen LogP contribution in [0.4, 0.5) is 13.2 Å². The average Bonchev–Trinajstić information content (AvgIpc) is 1.99. The molecule has 0 amide bonds. The van der Waals surface area contributed by atoms with E-state index in [1.807, 2.05) is 0 Å². The van der Waals surface area contributed by atoms with Crippen LogP contribution in [0.25, 0.3) is 0 Å². The molecule has 0 aliphatic rings. The lowest BCUT2D eigenvalue weighted by Crippen LogP contribution is -2.11. The third kappa shape index (κ3) is 2.42. The van der Waals surface area contributed by atoms with Gasteiger partial charge in [0, 0.05) is 10.4 Å². The van der Waals surface area contributed by atoms with E-state index in [1.165, 1.54) is 19.1 Å². The summed E-state index contributed by atoms with van der Waals surface area (Å²) in [6.45, 7) is 1.42. The second-order valence-electron chi connectivity index (χ2n) is 2.89. The van der Waals surface area contributed by atoms with Crippen molar-refractivity contribution in [2.45, 2.75) is 19.0 Å². The van der Waals surface area contributed by atoms with Gasteiger partial charge in [0.2, 0.25) is 0 Å². The minimum absolute atomic E-state index is 0.103. The van der Waals surface area contributed by atoms with Gasteiger partial charge in [-0.25, -0.2) is 0 Å². The summed E-state index contributed by atoms with van der Waals surface area (Å²) in [5, 5.41) is 0. The lowest BCUT2D eigenvalue weighted by molar-refractivity contribution is -0.138. The van der Waals surface area contributed by atoms with Crippen molar-refractivity contribution in [3.05, 3.63) is 33.3 Å². The summed E-state index contributed by atoms with van der Waals surface area (Å²) in [6, 6.07) is 2.82. The minimum Gasteiger partial charge on any atom is -0.166 e. The predicted octanol–water partition coefficient (Wildman–Crippen LogP) is 4.52. The third-order valence-electron chi connectivity index (χ3n) is 1.81. The van der Waals surface area contributed by atoms with Gasteiger partial charge < -0.3 is 0 Å². The Balaban J connectivity index is 3.40. The van der Waals surface area contributed by atoms with Crippen LogP contribution in [0.3, 0.4) is 0 Å². The van der Waals surface area contributed by atoms with Crippen LogP contribution in [0.5, 0.6) is 0 Å². The molecule has 0 aromatic heterocycles. The fourth-order valence-corrected chi connectivity index (χ4v) is 2.15. The standard InChI is InChI=1S/C9H7BrClF3/c1-5-2-7(10)3-6(4-11)8(5)9(12,13)14/h2-3H,4H2,1H3. The zero-order valence-electron chi connectivity index (χ0n) is 7.25. The minimum atomic E-state index is -4.34.